The minimum atomic E-state index is 0.933. The van der Waals surface area contributed by atoms with E-state index in [1.807, 2.05) is 40.1 Å². The van der Waals surface area contributed by atoms with Gasteiger partial charge in [0, 0.05) is 38.6 Å². The highest BCUT2D eigenvalue weighted by atomic mass is 15.2. The van der Waals surface area contributed by atoms with Crippen LogP contribution >= 0.6 is 0 Å². The fourth-order valence-electron chi connectivity index (χ4n) is 1.00. The molecule has 2 nitrogen and oxygen atoms in total. The van der Waals surface area contributed by atoms with Gasteiger partial charge in [0.1, 0.15) is 0 Å². The second kappa shape index (κ2) is 6.94. The summed E-state index contributed by atoms with van der Waals surface area (Å²) in [6, 6.07) is 0. The molecule has 0 rings (SSSR count). The van der Waals surface area contributed by atoms with Crippen molar-refractivity contribution in [1.29, 1.82) is 0 Å². The zero-order valence-corrected chi connectivity index (χ0v) is 11.1. The number of hydrogen-bond acceptors (Lipinski definition) is 2. The lowest BCUT2D eigenvalue weighted by molar-refractivity contribution is 0.338. The van der Waals surface area contributed by atoms with Crippen molar-refractivity contribution in [2.24, 2.45) is 0 Å². The van der Waals surface area contributed by atoms with Crippen LogP contribution in [0.2, 0.25) is 0 Å². The molecule has 0 unspecified atom stereocenters. The summed E-state index contributed by atoms with van der Waals surface area (Å²) in [6.07, 6.45) is 3.96. The van der Waals surface area contributed by atoms with Gasteiger partial charge in [0.25, 0.3) is 0 Å². The van der Waals surface area contributed by atoms with Gasteiger partial charge >= 0.3 is 0 Å². The number of rotatable bonds is 7. The van der Waals surface area contributed by atoms with Crippen molar-refractivity contribution in [3.05, 3.63) is 48.9 Å². The zero-order valence-electron chi connectivity index (χ0n) is 11.1. The van der Waals surface area contributed by atoms with Crippen LogP contribution in [0.5, 0.6) is 0 Å². The predicted molar refractivity (Wildman–Crippen MR) is 73.2 cm³/mol. The molecule has 90 valence electrons. The predicted octanol–water partition coefficient (Wildman–Crippen LogP) is 3.03. The van der Waals surface area contributed by atoms with Crippen LogP contribution < -0.4 is 0 Å². The summed E-state index contributed by atoms with van der Waals surface area (Å²) in [7, 11) is 4.08. The number of nitrogens with zero attached hydrogens (tertiary/aromatic N) is 2. The molecule has 0 aliphatic carbocycles. The average molecular weight is 220 g/mol. The Bertz CT molecular complexity index is 300. The molecule has 0 saturated carbocycles. The average Bonchev–Trinajstić information content (AvgIpc) is 2.21. The van der Waals surface area contributed by atoms with Crippen LogP contribution in [0.15, 0.2) is 48.9 Å². The van der Waals surface area contributed by atoms with E-state index in [1.165, 1.54) is 0 Å². The van der Waals surface area contributed by atoms with Crippen molar-refractivity contribution < 1.29 is 0 Å². The molecular formula is C14H24N2. The van der Waals surface area contributed by atoms with E-state index in [0.29, 0.717) is 0 Å². The standard InChI is InChI=1S/C14H24N2/c1-12(2)8-9-14(5)16(7)11-10-15(6)13(3)4/h8-9H,1,3,5,10-11H2,2,4,6-7H3/b9-8-. The summed E-state index contributed by atoms with van der Waals surface area (Å²) in [5.74, 6) is 0. The third-order valence-electron chi connectivity index (χ3n) is 2.47. The lowest BCUT2D eigenvalue weighted by Gasteiger charge is -2.25. The maximum Gasteiger partial charge on any atom is 0.0350 e. The highest BCUT2D eigenvalue weighted by molar-refractivity contribution is 5.21. The van der Waals surface area contributed by atoms with E-state index in [2.05, 4.69) is 29.5 Å². The quantitative estimate of drug-likeness (QED) is 0.608. The smallest absolute Gasteiger partial charge is 0.0350 e. The molecule has 0 aromatic rings. The first-order chi connectivity index (χ1) is 7.34. The lowest BCUT2D eigenvalue weighted by atomic mass is 10.3. The van der Waals surface area contributed by atoms with Crippen LogP contribution in [0.3, 0.4) is 0 Å². The molecule has 16 heavy (non-hydrogen) atoms. The van der Waals surface area contributed by atoms with E-state index < -0.39 is 0 Å². The van der Waals surface area contributed by atoms with Crippen LogP contribution in [0.25, 0.3) is 0 Å². The zero-order chi connectivity index (χ0) is 12.7. The highest BCUT2D eigenvalue weighted by Crippen LogP contribution is 2.03. The van der Waals surface area contributed by atoms with Crippen molar-refractivity contribution >= 4 is 0 Å². The van der Waals surface area contributed by atoms with E-state index in [1.54, 1.807) is 0 Å². The van der Waals surface area contributed by atoms with Gasteiger partial charge in [0.05, 0.1) is 0 Å². The molecule has 0 aliphatic heterocycles. The minimum absolute atomic E-state index is 0.933. The number of likely N-dealkylation sites (N-methyl/N-ethyl adjacent to an activating group) is 2. The highest BCUT2D eigenvalue weighted by Gasteiger charge is 2.01. The first kappa shape index (κ1) is 14.6. The van der Waals surface area contributed by atoms with E-state index in [4.69, 9.17) is 0 Å². The second-order valence-electron chi connectivity index (χ2n) is 4.25. The van der Waals surface area contributed by atoms with Gasteiger partial charge in [0.15, 0.2) is 0 Å². The Morgan fingerprint density at radius 2 is 1.44 bits per heavy atom. The van der Waals surface area contributed by atoms with Crippen LogP contribution in [-0.4, -0.2) is 37.0 Å². The molecule has 0 aliphatic rings. The van der Waals surface area contributed by atoms with Gasteiger partial charge in [0.2, 0.25) is 0 Å². The Balaban J connectivity index is 4.06. The van der Waals surface area contributed by atoms with E-state index in [0.717, 1.165) is 30.1 Å². The molecule has 0 fully saturated rings. The molecule has 0 N–H and O–H groups in total. The van der Waals surface area contributed by atoms with Crippen molar-refractivity contribution in [2.75, 3.05) is 27.2 Å². The Labute approximate surface area is 100 Å². The summed E-state index contributed by atoms with van der Waals surface area (Å²) in [5.41, 5.74) is 3.11. The largest absolute Gasteiger partial charge is 0.377 e. The summed E-state index contributed by atoms with van der Waals surface area (Å²) in [5, 5.41) is 0. The van der Waals surface area contributed by atoms with E-state index in [-0.39, 0.29) is 0 Å². The SMILES string of the molecule is C=C(C)/C=C\C(=C)N(C)CCN(C)C(=C)C. The third-order valence-corrected chi connectivity index (χ3v) is 2.47. The minimum Gasteiger partial charge on any atom is -0.377 e. The van der Waals surface area contributed by atoms with Gasteiger partial charge in [-0.1, -0.05) is 31.4 Å². The maximum absolute atomic E-state index is 4.01. The van der Waals surface area contributed by atoms with Crippen LogP contribution in [0.1, 0.15) is 13.8 Å². The molecule has 0 aromatic carbocycles. The molecule has 0 heterocycles. The topological polar surface area (TPSA) is 6.48 Å². The molecule has 0 spiro atoms. The summed E-state index contributed by atoms with van der Waals surface area (Å²) < 4.78 is 0. The molecule has 0 aromatic heterocycles. The first-order valence-corrected chi connectivity index (χ1v) is 5.45. The van der Waals surface area contributed by atoms with Crippen molar-refractivity contribution in [1.82, 2.24) is 9.80 Å². The first-order valence-electron chi connectivity index (χ1n) is 5.45. The summed E-state index contributed by atoms with van der Waals surface area (Å²) >= 11 is 0. The Kier molecular flexibility index (Phi) is 6.31. The number of allylic oxidation sites excluding steroid dienone is 4. The normalized spacial score (nSPS) is 10.2. The Morgan fingerprint density at radius 3 is 1.88 bits per heavy atom. The van der Waals surface area contributed by atoms with Crippen LogP contribution in [0.4, 0.5) is 0 Å². The van der Waals surface area contributed by atoms with Gasteiger partial charge in [-0.05, 0) is 19.9 Å². The molecule has 0 atom stereocenters. The lowest BCUT2D eigenvalue weighted by Crippen LogP contribution is -2.28. The Morgan fingerprint density at radius 1 is 0.938 bits per heavy atom. The van der Waals surface area contributed by atoms with Gasteiger partial charge in [-0.25, -0.2) is 0 Å². The number of hydrogen-bond donors (Lipinski definition) is 0. The van der Waals surface area contributed by atoms with E-state index >= 15 is 0 Å². The summed E-state index contributed by atoms with van der Waals surface area (Å²) in [6.45, 7) is 17.6. The molecule has 0 bridgehead atoms. The molecule has 0 amide bonds. The van der Waals surface area contributed by atoms with Gasteiger partial charge in [-0.3, -0.25) is 0 Å². The van der Waals surface area contributed by atoms with E-state index in [9.17, 15) is 0 Å². The molecule has 0 radical (unpaired) electrons. The van der Waals surface area contributed by atoms with Gasteiger partial charge in [-0.2, -0.15) is 0 Å². The van der Waals surface area contributed by atoms with Crippen molar-refractivity contribution in [3.8, 4) is 0 Å². The van der Waals surface area contributed by atoms with Gasteiger partial charge < -0.3 is 9.80 Å². The van der Waals surface area contributed by atoms with Crippen LogP contribution in [-0.2, 0) is 0 Å². The molecular weight excluding hydrogens is 196 g/mol. The second-order valence-corrected chi connectivity index (χ2v) is 4.25. The maximum atomic E-state index is 4.01. The van der Waals surface area contributed by atoms with Crippen molar-refractivity contribution in [2.45, 2.75) is 13.8 Å². The molecule has 2 heteroatoms. The summed E-state index contributed by atoms with van der Waals surface area (Å²) in [4.78, 5) is 4.26. The van der Waals surface area contributed by atoms with Crippen molar-refractivity contribution in [3.63, 3.8) is 0 Å². The monoisotopic (exact) mass is 220 g/mol. The Hall–Kier alpha value is -1.44. The molecule has 0 saturated heterocycles. The fourth-order valence-corrected chi connectivity index (χ4v) is 1.00. The van der Waals surface area contributed by atoms with Crippen LogP contribution in [0, 0.1) is 0 Å². The third kappa shape index (κ3) is 6.12. The fraction of sp³-hybridized carbons (Fsp3) is 0.429. The van der Waals surface area contributed by atoms with Gasteiger partial charge in [-0.15, -0.1) is 0 Å².